The Hall–Kier alpha value is -2.18. The van der Waals surface area contributed by atoms with Crippen LogP contribution >= 0.6 is 0 Å². The van der Waals surface area contributed by atoms with Crippen LogP contribution < -0.4 is 0 Å². The van der Waals surface area contributed by atoms with Crippen LogP contribution in [0.25, 0.3) is 11.0 Å². The molecular formula is C18H19N3O2S. The first-order chi connectivity index (χ1) is 11.7. The van der Waals surface area contributed by atoms with Crippen molar-refractivity contribution in [3.63, 3.8) is 0 Å². The SMILES string of the molecule is O=S(=O)(c1ccccc1)N1CCC(c2c[nH]c3ncccc23)CC1. The third-order valence-electron chi connectivity index (χ3n) is 4.76. The monoisotopic (exact) mass is 341 g/mol. The zero-order valence-corrected chi connectivity index (χ0v) is 14.0. The maximum absolute atomic E-state index is 12.7. The van der Waals surface area contributed by atoms with Gasteiger partial charge in [0.2, 0.25) is 10.0 Å². The van der Waals surface area contributed by atoms with Crippen molar-refractivity contribution in [2.24, 2.45) is 0 Å². The van der Waals surface area contributed by atoms with Gasteiger partial charge < -0.3 is 4.98 Å². The Bertz CT molecular complexity index is 943. The lowest BCUT2D eigenvalue weighted by atomic mass is 9.90. The minimum absolute atomic E-state index is 0.366. The van der Waals surface area contributed by atoms with Crippen molar-refractivity contribution in [3.05, 3.63) is 60.4 Å². The van der Waals surface area contributed by atoms with Crippen LogP contribution in [-0.2, 0) is 10.0 Å². The van der Waals surface area contributed by atoms with E-state index in [4.69, 9.17) is 0 Å². The van der Waals surface area contributed by atoms with E-state index in [1.165, 1.54) is 5.56 Å². The predicted octanol–water partition coefficient (Wildman–Crippen LogP) is 3.13. The average Bonchev–Trinajstić information content (AvgIpc) is 3.07. The first-order valence-corrected chi connectivity index (χ1v) is 9.57. The Kier molecular flexibility index (Phi) is 3.86. The van der Waals surface area contributed by atoms with Crippen molar-refractivity contribution in [1.29, 1.82) is 0 Å². The van der Waals surface area contributed by atoms with E-state index in [1.807, 2.05) is 18.3 Å². The van der Waals surface area contributed by atoms with E-state index < -0.39 is 10.0 Å². The standard InChI is InChI=1S/C18H19N3O2S/c22-24(23,15-5-2-1-3-6-15)21-11-8-14(9-12-21)17-13-20-18-16(17)7-4-10-19-18/h1-7,10,13-14H,8-9,11-12H2,(H,19,20). The molecule has 1 aliphatic rings. The van der Waals surface area contributed by atoms with Crippen LogP contribution in [-0.4, -0.2) is 35.8 Å². The van der Waals surface area contributed by atoms with Crippen molar-refractivity contribution >= 4 is 21.1 Å². The molecule has 0 saturated carbocycles. The number of nitrogens with one attached hydrogen (secondary N) is 1. The van der Waals surface area contributed by atoms with Crippen molar-refractivity contribution in [3.8, 4) is 0 Å². The quantitative estimate of drug-likeness (QED) is 0.796. The van der Waals surface area contributed by atoms with E-state index in [1.54, 1.807) is 34.8 Å². The zero-order valence-electron chi connectivity index (χ0n) is 13.2. The molecule has 3 aromatic rings. The van der Waals surface area contributed by atoms with Crippen molar-refractivity contribution in [2.45, 2.75) is 23.7 Å². The van der Waals surface area contributed by atoms with Gasteiger partial charge in [0, 0.05) is 30.9 Å². The van der Waals surface area contributed by atoms with Crippen LogP contribution in [0.15, 0.2) is 59.8 Å². The molecule has 3 heterocycles. The third-order valence-corrected chi connectivity index (χ3v) is 6.67. The molecule has 124 valence electrons. The predicted molar refractivity (Wildman–Crippen MR) is 93.3 cm³/mol. The van der Waals surface area contributed by atoms with Crippen LogP contribution in [0.5, 0.6) is 0 Å². The van der Waals surface area contributed by atoms with Gasteiger partial charge in [0.05, 0.1) is 4.90 Å². The van der Waals surface area contributed by atoms with Crippen molar-refractivity contribution < 1.29 is 8.42 Å². The first kappa shape index (κ1) is 15.4. The highest BCUT2D eigenvalue weighted by Gasteiger charge is 2.30. The van der Waals surface area contributed by atoms with Gasteiger partial charge in [-0.25, -0.2) is 13.4 Å². The number of benzene rings is 1. The van der Waals surface area contributed by atoms with Gasteiger partial charge in [-0.3, -0.25) is 0 Å². The summed E-state index contributed by atoms with van der Waals surface area (Å²) in [5.41, 5.74) is 2.14. The fourth-order valence-electron chi connectivity index (χ4n) is 3.46. The second-order valence-corrected chi connectivity index (χ2v) is 8.07. The van der Waals surface area contributed by atoms with Gasteiger partial charge in [-0.15, -0.1) is 0 Å². The molecule has 2 aromatic heterocycles. The Morgan fingerprint density at radius 3 is 2.54 bits per heavy atom. The molecule has 0 unspecified atom stereocenters. The Labute approximate surface area is 141 Å². The number of pyridine rings is 1. The lowest BCUT2D eigenvalue weighted by Gasteiger charge is -2.31. The fourth-order valence-corrected chi connectivity index (χ4v) is 4.95. The summed E-state index contributed by atoms with van der Waals surface area (Å²) in [6.07, 6.45) is 5.45. The zero-order chi connectivity index (χ0) is 16.6. The van der Waals surface area contributed by atoms with E-state index in [-0.39, 0.29) is 0 Å². The minimum atomic E-state index is -3.38. The van der Waals surface area contributed by atoms with E-state index in [2.05, 4.69) is 16.0 Å². The van der Waals surface area contributed by atoms with Gasteiger partial charge in [0.15, 0.2) is 0 Å². The Balaban J connectivity index is 1.53. The van der Waals surface area contributed by atoms with E-state index >= 15 is 0 Å². The second kappa shape index (κ2) is 6.03. The minimum Gasteiger partial charge on any atom is -0.346 e. The molecule has 6 heteroatoms. The number of H-pyrrole nitrogens is 1. The molecule has 24 heavy (non-hydrogen) atoms. The highest BCUT2D eigenvalue weighted by Crippen LogP contribution is 2.34. The molecule has 0 aliphatic carbocycles. The van der Waals surface area contributed by atoms with Gasteiger partial charge in [0.1, 0.15) is 5.65 Å². The summed E-state index contributed by atoms with van der Waals surface area (Å²) in [6.45, 7) is 1.10. The summed E-state index contributed by atoms with van der Waals surface area (Å²) in [6, 6.07) is 12.7. The van der Waals surface area contributed by atoms with Crippen LogP contribution in [0, 0.1) is 0 Å². The normalized spacial score (nSPS) is 17.3. The van der Waals surface area contributed by atoms with E-state index in [9.17, 15) is 8.42 Å². The number of fused-ring (bicyclic) bond motifs is 1. The van der Waals surface area contributed by atoms with Crippen molar-refractivity contribution in [1.82, 2.24) is 14.3 Å². The van der Waals surface area contributed by atoms with Gasteiger partial charge in [-0.2, -0.15) is 4.31 Å². The molecule has 5 nitrogen and oxygen atoms in total. The molecule has 1 N–H and O–H groups in total. The second-order valence-electron chi connectivity index (χ2n) is 6.13. The summed E-state index contributed by atoms with van der Waals surface area (Å²) in [5.74, 6) is 0.366. The molecule has 0 amide bonds. The van der Waals surface area contributed by atoms with Gasteiger partial charge in [0.25, 0.3) is 0 Å². The molecule has 0 spiro atoms. The Morgan fingerprint density at radius 1 is 1.04 bits per heavy atom. The van der Waals surface area contributed by atoms with Gasteiger partial charge in [-0.05, 0) is 48.6 Å². The smallest absolute Gasteiger partial charge is 0.243 e. The number of rotatable bonds is 3. The highest BCUT2D eigenvalue weighted by atomic mass is 32.2. The summed E-state index contributed by atoms with van der Waals surface area (Å²) in [4.78, 5) is 7.91. The molecule has 1 fully saturated rings. The molecule has 4 rings (SSSR count). The number of aromatic nitrogens is 2. The summed E-state index contributed by atoms with van der Waals surface area (Å²) in [7, 11) is -3.38. The van der Waals surface area contributed by atoms with Crippen molar-refractivity contribution in [2.75, 3.05) is 13.1 Å². The van der Waals surface area contributed by atoms with Crippen LogP contribution in [0.1, 0.15) is 24.3 Å². The van der Waals surface area contributed by atoms with Gasteiger partial charge in [-0.1, -0.05) is 18.2 Å². The lowest BCUT2D eigenvalue weighted by molar-refractivity contribution is 0.320. The summed E-state index contributed by atoms with van der Waals surface area (Å²) < 4.78 is 27.0. The maximum atomic E-state index is 12.7. The maximum Gasteiger partial charge on any atom is 0.243 e. The molecule has 0 atom stereocenters. The number of aromatic amines is 1. The molecule has 1 saturated heterocycles. The van der Waals surface area contributed by atoms with Crippen LogP contribution in [0.3, 0.4) is 0 Å². The van der Waals surface area contributed by atoms with Crippen LogP contribution in [0.2, 0.25) is 0 Å². The number of hydrogen-bond acceptors (Lipinski definition) is 3. The van der Waals surface area contributed by atoms with Crippen LogP contribution in [0.4, 0.5) is 0 Å². The van der Waals surface area contributed by atoms with E-state index in [0.717, 1.165) is 23.9 Å². The fraction of sp³-hybridized carbons (Fsp3) is 0.278. The Morgan fingerprint density at radius 2 is 1.79 bits per heavy atom. The molecule has 1 aromatic carbocycles. The third kappa shape index (κ3) is 2.61. The molecule has 0 radical (unpaired) electrons. The average molecular weight is 341 g/mol. The largest absolute Gasteiger partial charge is 0.346 e. The topological polar surface area (TPSA) is 66.1 Å². The molecular weight excluding hydrogens is 322 g/mol. The summed E-state index contributed by atoms with van der Waals surface area (Å²) in [5, 5.41) is 1.14. The number of hydrogen-bond donors (Lipinski definition) is 1. The molecule has 1 aliphatic heterocycles. The van der Waals surface area contributed by atoms with E-state index in [0.29, 0.717) is 23.9 Å². The first-order valence-electron chi connectivity index (χ1n) is 8.13. The number of piperidine rings is 1. The highest BCUT2D eigenvalue weighted by molar-refractivity contribution is 7.89. The number of nitrogens with zero attached hydrogens (tertiary/aromatic N) is 2. The van der Waals surface area contributed by atoms with Gasteiger partial charge >= 0.3 is 0 Å². The number of sulfonamides is 1. The lowest BCUT2D eigenvalue weighted by Crippen LogP contribution is -2.37. The molecule has 0 bridgehead atoms. The summed E-state index contributed by atoms with van der Waals surface area (Å²) >= 11 is 0.